The Bertz CT molecular complexity index is 826. The Kier molecular flexibility index (Phi) is 5.06. The first-order chi connectivity index (χ1) is 13.1. The number of rotatable bonds is 2. The van der Waals surface area contributed by atoms with Crippen molar-refractivity contribution in [3.05, 3.63) is 58.4 Å². The summed E-state index contributed by atoms with van der Waals surface area (Å²) in [4.78, 5) is 28.1. The maximum atomic E-state index is 13.4. The molecule has 27 heavy (non-hydrogen) atoms. The largest absolute Gasteiger partial charge is 0.378 e. The Labute approximate surface area is 164 Å². The molecule has 2 aliphatic heterocycles. The second kappa shape index (κ2) is 7.49. The number of nitrogens with zero attached hydrogens (tertiary/aromatic N) is 1. The molecule has 1 aromatic rings. The second-order valence-corrected chi connectivity index (χ2v) is 7.70. The zero-order valence-corrected chi connectivity index (χ0v) is 15.9. The highest BCUT2D eigenvalue weighted by atomic mass is 35.5. The Hall–Kier alpha value is -2.11. The lowest BCUT2D eigenvalue weighted by molar-refractivity contribution is -0.139. The number of nitrogens with one attached hydrogen (secondary N) is 1. The quantitative estimate of drug-likeness (QED) is 0.848. The first-order valence-electron chi connectivity index (χ1n) is 9.40. The molecule has 0 radical (unpaired) electrons. The molecule has 1 aromatic carbocycles. The molecule has 2 unspecified atom stereocenters. The highest BCUT2D eigenvalue weighted by molar-refractivity contribution is 6.30. The number of benzene rings is 1. The average molecular weight is 387 g/mol. The van der Waals surface area contributed by atoms with Crippen LogP contribution in [0.3, 0.4) is 0 Å². The Morgan fingerprint density at radius 1 is 1.26 bits per heavy atom. The van der Waals surface area contributed by atoms with Gasteiger partial charge in [-0.05, 0) is 30.5 Å². The molecule has 0 aromatic heterocycles. The molecule has 1 N–H and O–H groups in total. The van der Waals surface area contributed by atoms with Gasteiger partial charge in [-0.1, -0.05) is 30.3 Å². The van der Waals surface area contributed by atoms with Crippen LogP contribution in [-0.4, -0.2) is 42.9 Å². The number of carbonyl (C=O) groups is 2. The zero-order chi connectivity index (χ0) is 19.0. The predicted molar refractivity (Wildman–Crippen MR) is 103 cm³/mol. The molecule has 0 spiro atoms. The van der Waals surface area contributed by atoms with Crippen molar-refractivity contribution in [2.45, 2.75) is 25.2 Å². The van der Waals surface area contributed by atoms with Crippen molar-refractivity contribution in [2.75, 3.05) is 26.3 Å². The van der Waals surface area contributed by atoms with Crippen LogP contribution in [0.2, 0.25) is 5.02 Å². The van der Waals surface area contributed by atoms with E-state index in [2.05, 4.69) is 11.9 Å². The summed E-state index contributed by atoms with van der Waals surface area (Å²) < 4.78 is 5.38. The van der Waals surface area contributed by atoms with Crippen LogP contribution in [0.25, 0.3) is 0 Å². The summed E-state index contributed by atoms with van der Waals surface area (Å²) in [7, 11) is 0. The summed E-state index contributed by atoms with van der Waals surface area (Å²) in [5.74, 6) is -0.773. The third-order valence-corrected chi connectivity index (χ3v) is 5.82. The van der Waals surface area contributed by atoms with Crippen LogP contribution in [-0.2, 0) is 14.3 Å². The highest BCUT2D eigenvalue weighted by Crippen LogP contribution is 2.45. The van der Waals surface area contributed by atoms with E-state index in [4.69, 9.17) is 16.3 Å². The zero-order valence-electron chi connectivity index (χ0n) is 15.2. The van der Waals surface area contributed by atoms with Gasteiger partial charge in [0.2, 0.25) is 5.91 Å². The van der Waals surface area contributed by atoms with E-state index in [0.29, 0.717) is 43.4 Å². The van der Waals surface area contributed by atoms with E-state index in [0.717, 1.165) is 29.7 Å². The number of carbonyl (C=O) groups excluding carboxylic acids is 2. The standard InChI is InChI=1S/C21H23ClN2O3/c1-13-18(21(26)24-8-10-27-11-9-24)19(14-4-2-5-15(22)12-14)20-16(23-13)6-3-7-17(20)25/h2,4-5,12,18-19,23H,1,3,6-11H2. The minimum Gasteiger partial charge on any atom is -0.378 e. The van der Waals surface area contributed by atoms with Crippen molar-refractivity contribution >= 4 is 23.3 Å². The molecule has 0 saturated carbocycles. The van der Waals surface area contributed by atoms with Crippen LogP contribution in [0.1, 0.15) is 30.7 Å². The normalized spacial score (nSPS) is 25.9. The Balaban J connectivity index is 1.80. The summed E-state index contributed by atoms with van der Waals surface area (Å²) >= 11 is 6.24. The van der Waals surface area contributed by atoms with Crippen LogP contribution in [0.15, 0.2) is 47.8 Å². The average Bonchev–Trinajstić information content (AvgIpc) is 2.67. The van der Waals surface area contributed by atoms with Crippen LogP contribution < -0.4 is 5.32 Å². The van der Waals surface area contributed by atoms with Crippen molar-refractivity contribution in [1.29, 1.82) is 0 Å². The number of hydrogen-bond acceptors (Lipinski definition) is 4. The fourth-order valence-corrected chi connectivity index (χ4v) is 4.52. The second-order valence-electron chi connectivity index (χ2n) is 7.27. The smallest absolute Gasteiger partial charge is 0.232 e. The van der Waals surface area contributed by atoms with Crippen LogP contribution in [0, 0.1) is 5.92 Å². The molecule has 1 amide bonds. The van der Waals surface area contributed by atoms with Gasteiger partial charge in [0.1, 0.15) is 0 Å². The van der Waals surface area contributed by atoms with E-state index in [1.54, 1.807) is 6.07 Å². The molecular weight excluding hydrogens is 364 g/mol. The molecule has 6 heteroatoms. The van der Waals surface area contributed by atoms with E-state index in [-0.39, 0.29) is 17.6 Å². The molecular formula is C21H23ClN2O3. The van der Waals surface area contributed by atoms with Gasteiger partial charge in [-0.3, -0.25) is 9.59 Å². The van der Waals surface area contributed by atoms with Gasteiger partial charge in [0, 0.05) is 47.4 Å². The van der Waals surface area contributed by atoms with Gasteiger partial charge in [0.05, 0.1) is 19.1 Å². The van der Waals surface area contributed by atoms with Gasteiger partial charge in [-0.2, -0.15) is 0 Å². The number of hydrogen-bond donors (Lipinski definition) is 1. The van der Waals surface area contributed by atoms with Gasteiger partial charge in [-0.25, -0.2) is 0 Å². The van der Waals surface area contributed by atoms with Crippen molar-refractivity contribution in [1.82, 2.24) is 10.2 Å². The number of allylic oxidation sites excluding steroid dienone is 2. The molecule has 1 aliphatic carbocycles. The summed E-state index contributed by atoms with van der Waals surface area (Å²) in [6.07, 6.45) is 2.14. The summed E-state index contributed by atoms with van der Waals surface area (Å²) in [6.45, 7) is 6.35. The van der Waals surface area contributed by atoms with Gasteiger partial charge in [-0.15, -0.1) is 0 Å². The van der Waals surface area contributed by atoms with Crippen molar-refractivity contribution in [3.63, 3.8) is 0 Å². The van der Waals surface area contributed by atoms with E-state index in [1.807, 2.05) is 23.1 Å². The molecule has 1 saturated heterocycles. The molecule has 2 heterocycles. The number of morpholine rings is 1. The number of halogens is 1. The maximum Gasteiger partial charge on any atom is 0.232 e. The molecule has 5 nitrogen and oxygen atoms in total. The third-order valence-electron chi connectivity index (χ3n) is 5.58. The van der Waals surface area contributed by atoms with Crippen molar-refractivity contribution in [3.8, 4) is 0 Å². The van der Waals surface area contributed by atoms with E-state index in [9.17, 15) is 9.59 Å². The lowest BCUT2D eigenvalue weighted by Gasteiger charge is -2.41. The lowest BCUT2D eigenvalue weighted by Crippen LogP contribution is -2.49. The summed E-state index contributed by atoms with van der Waals surface area (Å²) in [5.41, 5.74) is 3.18. The van der Waals surface area contributed by atoms with Crippen LogP contribution >= 0.6 is 11.6 Å². The third kappa shape index (κ3) is 3.42. The number of ether oxygens (including phenoxy) is 1. The lowest BCUT2D eigenvalue weighted by atomic mass is 9.71. The predicted octanol–water partition coefficient (Wildman–Crippen LogP) is 3.02. The fourth-order valence-electron chi connectivity index (χ4n) is 4.32. The molecule has 3 aliphatic rings. The molecule has 142 valence electrons. The molecule has 1 fully saturated rings. The molecule has 4 rings (SSSR count). The van der Waals surface area contributed by atoms with Crippen LogP contribution in [0.4, 0.5) is 0 Å². The summed E-state index contributed by atoms with van der Waals surface area (Å²) in [6, 6.07) is 7.47. The first-order valence-corrected chi connectivity index (χ1v) is 9.78. The summed E-state index contributed by atoms with van der Waals surface area (Å²) in [5, 5.41) is 3.88. The Morgan fingerprint density at radius 2 is 2.04 bits per heavy atom. The first kappa shape index (κ1) is 18.3. The SMILES string of the molecule is C=C1NC2=C(C(=O)CCC2)C(c2cccc(Cl)c2)C1C(=O)N1CCOCC1. The van der Waals surface area contributed by atoms with Crippen molar-refractivity contribution < 1.29 is 14.3 Å². The maximum absolute atomic E-state index is 13.4. The van der Waals surface area contributed by atoms with Crippen molar-refractivity contribution in [2.24, 2.45) is 5.92 Å². The topological polar surface area (TPSA) is 58.6 Å². The number of Topliss-reactive ketones (excluding diaryl/α,β-unsaturated/α-hetero) is 1. The molecule has 2 atom stereocenters. The van der Waals surface area contributed by atoms with Crippen LogP contribution in [0.5, 0.6) is 0 Å². The highest BCUT2D eigenvalue weighted by Gasteiger charge is 2.44. The monoisotopic (exact) mass is 386 g/mol. The van der Waals surface area contributed by atoms with E-state index >= 15 is 0 Å². The Morgan fingerprint density at radius 3 is 2.78 bits per heavy atom. The number of amides is 1. The van der Waals surface area contributed by atoms with Gasteiger partial charge >= 0.3 is 0 Å². The van der Waals surface area contributed by atoms with E-state index < -0.39 is 5.92 Å². The minimum absolute atomic E-state index is 0.00861. The minimum atomic E-state index is -0.526. The van der Waals surface area contributed by atoms with Gasteiger partial charge in [0.15, 0.2) is 5.78 Å². The van der Waals surface area contributed by atoms with Gasteiger partial charge in [0.25, 0.3) is 0 Å². The fraction of sp³-hybridized carbons (Fsp3) is 0.429. The van der Waals surface area contributed by atoms with Gasteiger partial charge < -0.3 is 15.0 Å². The van der Waals surface area contributed by atoms with E-state index in [1.165, 1.54) is 0 Å². The molecule has 0 bridgehead atoms. The number of ketones is 1.